The predicted octanol–water partition coefficient (Wildman–Crippen LogP) is 3.37. The molecule has 0 radical (unpaired) electrons. The number of fused-ring (bicyclic) bond motifs is 1. The van der Waals surface area contributed by atoms with Crippen LogP contribution in [0.4, 0.5) is 11.4 Å². The molecular formula is C24H27N3O3S. The Morgan fingerprint density at radius 2 is 1.87 bits per heavy atom. The minimum absolute atomic E-state index is 0.0154. The van der Waals surface area contributed by atoms with E-state index < -0.39 is 10.0 Å². The van der Waals surface area contributed by atoms with Gasteiger partial charge < -0.3 is 16.2 Å². The average Bonchev–Trinajstić information content (AvgIpc) is 2.78. The van der Waals surface area contributed by atoms with Gasteiger partial charge in [0.2, 0.25) is 10.0 Å². The molecule has 0 unspecified atom stereocenters. The topological polar surface area (TPSA) is 95.7 Å². The van der Waals surface area contributed by atoms with E-state index in [1.54, 1.807) is 0 Å². The number of benzene rings is 3. The molecule has 0 aliphatic carbocycles. The number of aliphatic hydroxyl groups excluding tert-OH is 1. The van der Waals surface area contributed by atoms with Gasteiger partial charge in [0.25, 0.3) is 0 Å². The second-order valence-corrected chi connectivity index (χ2v) is 9.83. The molecule has 31 heavy (non-hydrogen) atoms. The largest absolute Gasteiger partial charge is 0.392 e. The second-order valence-electron chi connectivity index (χ2n) is 7.85. The Morgan fingerprint density at radius 1 is 1.10 bits per heavy atom. The van der Waals surface area contributed by atoms with Gasteiger partial charge in [-0.3, -0.25) is 0 Å². The summed E-state index contributed by atoms with van der Waals surface area (Å²) < 4.78 is 25.4. The molecule has 162 valence electrons. The van der Waals surface area contributed by atoms with Crippen molar-refractivity contribution in [2.24, 2.45) is 5.73 Å². The number of nitrogens with two attached hydrogens (primary N) is 1. The summed E-state index contributed by atoms with van der Waals surface area (Å²) >= 11 is 0. The summed E-state index contributed by atoms with van der Waals surface area (Å²) in [6, 6.07) is 19.9. The molecule has 7 heteroatoms. The van der Waals surface area contributed by atoms with Gasteiger partial charge in [-0.1, -0.05) is 42.5 Å². The zero-order chi connectivity index (χ0) is 22.0. The third-order valence-electron chi connectivity index (χ3n) is 5.76. The van der Waals surface area contributed by atoms with Gasteiger partial charge >= 0.3 is 0 Å². The van der Waals surface area contributed by atoms with Crippen molar-refractivity contribution in [1.82, 2.24) is 4.31 Å². The van der Waals surface area contributed by atoms with Crippen LogP contribution in [-0.2, 0) is 36.1 Å². The molecule has 3 aromatic carbocycles. The maximum atomic E-state index is 11.9. The number of aliphatic hydroxyl groups is 1. The highest BCUT2D eigenvalue weighted by molar-refractivity contribution is 7.88. The quantitative estimate of drug-likeness (QED) is 0.550. The van der Waals surface area contributed by atoms with E-state index in [1.807, 2.05) is 54.6 Å². The lowest BCUT2D eigenvalue weighted by molar-refractivity contribution is 0.282. The molecule has 0 saturated heterocycles. The number of nitrogens with one attached hydrogen (secondary N) is 1. The number of sulfonamides is 1. The highest BCUT2D eigenvalue weighted by Crippen LogP contribution is 2.32. The van der Waals surface area contributed by atoms with E-state index in [4.69, 9.17) is 5.73 Å². The Bertz CT molecular complexity index is 1190. The highest BCUT2D eigenvalue weighted by atomic mass is 32.2. The first-order chi connectivity index (χ1) is 14.9. The Hall–Kier alpha value is -2.71. The Balaban J connectivity index is 1.65. The monoisotopic (exact) mass is 437 g/mol. The van der Waals surface area contributed by atoms with Crippen molar-refractivity contribution in [3.8, 4) is 11.1 Å². The maximum absolute atomic E-state index is 11.9. The maximum Gasteiger partial charge on any atom is 0.211 e. The number of rotatable bonds is 6. The zero-order valence-electron chi connectivity index (χ0n) is 17.5. The van der Waals surface area contributed by atoms with Gasteiger partial charge in [0.1, 0.15) is 0 Å². The molecule has 6 nitrogen and oxygen atoms in total. The SMILES string of the molecule is CS(=O)(=O)N1CCc2c(cccc2Nc2ccc(CN)c(-c3ccc(CO)cc3)c2)C1. The van der Waals surface area contributed by atoms with E-state index in [1.165, 1.54) is 10.6 Å². The van der Waals surface area contributed by atoms with Crippen LogP contribution in [0.25, 0.3) is 11.1 Å². The van der Waals surface area contributed by atoms with Crippen LogP contribution in [-0.4, -0.2) is 30.6 Å². The average molecular weight is 438 g/mol. The lowest BCUT2D eigenvalue weighted by Crippen LogP contribution is -2.35. The van der Waals surface area contributed by atoms with Crippen LogP contribution in [0.15, 0.2) is 60.7 Å². The molecule has 0 spiro atoms. The molecule has 4 rings (SSSR count). The third kappa shape index (κ3) is 4.65. The van der Waals surface area contributed by atoms with E-state index in [0.717, 1.165) is 44.8 Å². The van der Waals surface area contributed by atoms with Crippen molar-refractivity contribution in [3.63, 3.8) is 0 Å². The van der Waals surface area contributed by atoms with Gasteiger partial charge in [-0.2, -0.15) is 4.31 Å². The van der Waals surface area contributed by atoms with Crippen molar-refractivity contribution in [2.75, 3.05) is 18.1 Å². The van der Waals surface area contributed by atoms with Crippen LogP contribution < -0.4 is 11.1 Å². The van der Waals surface area contributed by atoms with E-state index in [2.05, 4.69) is 11.4 Å². The molecule has 4 N–H and O–H groups in total. The summed E-state index contributed by atoms with van der Waals surface area (Å²) in [6.07, 6.45) is 1.93. The Labute approximate surface area is 183 Å². The van der Waals surface area contributed by atoms with Gasteiger partial charge in [-0.25, -0.2) is 8.42 Å². The van der Waals surface area contributed by atoms with E-state index in [9.17, 15) is 13.5 Å². The summed E-state index contributed by atoms with van der Waals surface area (Å²) in [6.45, 7) is 1.33. The highest BCUT2D eigenvalue weighted by Gasteiger charge is 2.24. The summed E-state index contributed by atoms with van der Waals surface area (Å²) in [5, 5.41) is 12.8. The van der Waals surface area contributed by atoms with Gasteiger partial charge in [-0.05, 0) is 58.0 Å². The number of hydrogen-bond acceptors (Lipinski definition) is 5. The van der Waals surface area contributed by atoms with Crippen molar-refractivity contribution < 1.29 is 13.5 Å². The molecule has 3 aromatic rings. The minimum atomic E-state index is -3.20. The zero-order valence-corrected chi connectivity index (χ0v) is 18.3. The van der Waals surface area contributed by atoms with Gasteiger partial charge in [0, 0.05) is 31.0 Å². The fourth-order valence-corrected chi connectivity index (χ4v) is 4.83. The molecule has 0 bridgehead atoms. The fraction of sp³-hybridized carbons (Fsp3) is 0.250. The molecular weight excluding hydrogens is 410 g/mol. The predicted molar refractivity (Wildman–Crippen MR) is 124 cm³/mol. The number of anilines is 2. The van der Waals surface area contributed by atoms with Crippen molar-refractivity contribution in [3.05, 3.63) is 82.9 Å². The molecule has 1 aliphatic rings. The first-order valence-electron chi connectivity index (χ1n) is 10.2. The van der Waals surface area contributed by atoms with Crippen LogP contribution in [0.5, 0.6) is 0 Å². The Kier molecular flexibility index (Phi) is 6.11. The summed E-state index contributed by atoms with van der Waals surface area (Å²) in [4.78, 5) is 0. The molecule has 0 amide bonds. The first-order valence-corrected chi connectivity index (χ1v) is 12.1. The lowest BCUT2D eigenvalue weighted by atomic mass is 9.97. The molecule has 0 aromatic heterocycles. The lowest BCUT2D eigenvalue weighted by Gasteiger charge is -2.28. The molecule has 0 saturated carbocycles. The number of hydrogen-bond donors (Lipinski definition) is 3. The third-order valence-corrected chi connectivity index (χ3v) is 7.01. The standard InChI is InChI=1S/C24H27N3O3S/c1-31(29,30)27-12-11-22-20(15-27)3-2-4-24(22)26-21-10-9-19(14-25)23(13-21)18-7-5-17(16-28)6-8-18/h2-10,13,26,28H,11-12,14-16,25H2,1H3. The van der Waals surface area contributed by atoms with Crippen LogP contribution in [0.1, 0.15) is 22.3 Å². The minimum Gasteiger partial charge on any atom is -0.392 e. The molecule has 1 aliphatic heterocycles. The normalized spacial score (nSPS) is 14.3. The van der Waals surface area contributed by atoms with E-state index in [0.29, 0.717) is 26.1 Å². The summed E-state index contributed by atoms with van der Waals surface area (Å²) in [5.74, 6) is 0. The smallest absolute Gasteiger partial charge is 0.211 e. The van der Waals surface area contributed by atoms with E-state index in [-0.39, 0.29) is 6.61 Å². The van der Waals surface area contributed by atoms with Crippen molar-refractivity contribution >= 4 is 21.4 Å². The molecule has 0 fully saturated rings. The van der Waals surface area contributed by atoms with Crippen LogP contribution in [0.2, 0.25) is 0 Å². The van der Waals surface area contributed by atoms with Gasteiger partial charge in [0.05, 0.1) is 12.9 Å². The molecule has 0 atom stereocenters. The summed E-state index contributed by atoms with van der Waals surface area (Å²) in [7, 11) is -3.20. The first kappa shape index (κ1) is 21.5. The van der Waals surface area contributed by atoms with Gasteiger partial charge in [0.15, 0.2) is 0 Å². The van der Waals surface area contributed by atoms with Crippen LogP contribution in [0.3, 0.4) is 0 Å². The van der Waals surface area contributed by atoms with Crippen LogP contribution >= 0.6 is 0 Å². The van der Waals surface area contributed by atoms with Crippen LogP contribution in [0, 0.1) is 0 Å². The molecule has 1 heterocycles. The Morgan fingerprint density at radius 3 is 2.55 bits per heavy atom. The second kappa shape index (κ2) is 8.80. The van der Waals surface area contributed by atoms with Crippen molar-refractivity contribution in [2.45, 2.75) is 26.1 Å². The summed E-state index contributed by atoms with van der Waals surface area (Å²) in [5.41, 5.74) is 14.1. The van der Waals surface area contributed by atoms with Crippen molar-refractivity contribution in [1.29, 1.82) is 0 Å². The van der Waals surface area contributed by atoms with E-state index >= 15 is 0 Å². The number of nitrogens with zero attached hydrogens (tertiary/aromatic N) is 1. The fourth-order valence-electron chi connectivity index (χ4n) is 4.03. The van der Waals surface area contributed by atoms with Gasteiger partial charge in [-0.15, -0.1) is 0 Å².